The van der Waals surface area contributed by atoms with Crippen molar-refractivity contribution >= 4 is 98.0 Å². The first-order valence-corrected chi connectivity index (χ1v) is 21.6. The lowest BCUT2D eigenvalue weighted by Crippen LogP contribution is -2.16. The standard InChI is InChI=1S/C57H40N2S/c1-57(2)51-23-13-11-21-45(51)49-34-43(29-32-52(49)57)58(40-17-5-3-6-18-40)44-35-50-46(30-26-38-27-31-48-47-22-12-14-24-54(47)60-56(48)55(38)50)53(36-44)59(41-19-7-4-8-20-41)42-28-25-37-15-9-10-16-39(37)33-42/h3-36H,1-2H3. The van der Waals surface area contributed by atoms with Crippen molar-refractivity contribution in [1.29, 1.82) is 0 Å². The number of anilines is 6. The summed E-state index contributed by atoms with van der Waals surface area (Å²) in [7, 11) is 0. The topological polar surface area (TPSA) is 6.48 Å². The molecule has 0 radical (unpaired) electrons. The van der Waals surface area contributed by atoms with Gasteiger partial charge in [-0.05, 0) is 111 Å². The lowest BCUT2D eigenvalue weighted by molar-refractivity contribution is 0.660. The Bertz CT molecular complexity index is 3470. The SMILES string of the molecule is CC1(C)c2ccccc2-c2cc(N(c3ccccc3)c3cc(N(c4ccccc4)c4ccc5ccccc5c4)c4ccc5ccc6c7ccccc7sc6c5c4c3)ccc21. The van der Waals surface area contributed by atoms with Crippen molar-refractivity contribution in [2.75, 3.05) is 9.80 Å². The first-order chi connectivity index (χ1) is 29.5. The Morgan fingerprint density at radius 2 is 0.983 bits per heavy atom. The van der Waals surface area contributed by atoms with E-state index in [1.807, 2.05) is 11.3 Å². The van der Waals surface area contributed by atoms with Crippen molar-refractivity contribution in [2.45, 2.75) is 19.3 Å². The fourth-order valence-electron chi connectivity index (χ4n) is 9.90. The number of para-hydroxylation sites is 2. The minimum absolute atomic E-state index is 0.0806. The maximum absolute atomic E-state index is 2.46. The summed E-state index contributed by atoms with van der Waals surface area (Å²) in [6.45, 7) is 4.71. The van der Waals surface area contributed by atoms with Gasteiger partial charge >= 0.3 is 0 Å². The third-order valence-corrected chi connectivity index (χ3v) is 14.0. The molecule has 2 nitrogen and oxygen atoms in total. The molecule has 0 saturated heterocycles. The van der Waals surface area contributed by atoms with E-state index in [4.69, 9.17) is 0 Å². The molecule has 0 bridgehead atoms. The summed E-state index contributed by atoms with van der Waals surface area (Å²) in [6, 6.07) is 76.3. The molecule has 1 aliphatic rings. The van der Waals surface area contributed by atoms with Crippen molar-refractivity contribution in [2.24, 2.45) is 0 Å². The zero-order valence-corrected chi connectivity index (χ0v) is 34.2. The second kappa shape index (κ2) is 13.4. The number of hydrogen-bond acceptors (Lipinski definition) is 3. The summed E-state index contributed by atoms with van der Waals surface area (Å²) in [5.41, 5.74) is 12.0. The number of fused-ring (bicyclic) bond motifs is 11. The van der Waals surface area contributed by atoms with Gasteiger partial charge in [0.05, 0.1) is 5.69 Å². The van der Waals surface area contributed by atoms with Gasteiger partial charge in [0, 0.05) is 64.8 Å². The molecule has 10 aromatic carbocycles. The monoisotopic (exact) mass is 784 g/mol. The molecular formula is C57H40N2S. The maximum Gasteiger partial charge on any atom is 0.0561 e. The lowest BCUT2D eigenvalue weighted by atomic mass is 9.82. The molecule has 0 N–H and O–H groups in total. The molecule has 284 valence electrons. The Labute approximate surface area is 353 Å². The van der Waals surface area contributed by atoms with E-state index >= 15 is 0 Å². The molecule has 0 atom stereocenters. The fraction of sp³-hybridized carbons (Fsp3) is 0.0526. The Balaban J connectivity index is 1.20. The molecule has 0 spiro atoms. The van der Waals surface area contributed by atoms with Gasteiger partial charge in [-0.25, -0.2) is 0 Å². The average molecular weight is 785 g/mol. The van der Waals surface area contributed by atoms with Crippen molar-refractivity contribution in [3.63, 3.8) is 0 Å². The first kappa shape index (κ1) is 34.8. The average Bonchev–Trinajstić information content (AvgIpc) is 3.79. The highest BCUT2D eigenvalue weighted by Gasteiger charge is 2.35. The van der Waals surface area contributed by atoms with Crippen LogP contribution in [0.1, 0.15) is 25.0 Å². The van der Waals surface area contributed by atoms with Gasteiger partial charge in [0.1, 0.15) is 0 Å². The Hall–Kier alpha value is -7.20. The molecule has 1 heterocycles. The molecule has 0 unspecified atom stereocenters. The zero-order valence-electron chi connectivity index (χ0n) is 33.4. The van der Waals surface area contributed by atoms with Crippen LogP contribution in [0.3, 0.4) is 0 Å². The van der Waals surface area contributed by atoms with Crippen LogP contribution in [0, 0.1) is 0 Å². The Morgan fingerprint density at radius 3 is 1.80 bits per heavy atom. The van der Waals surface area contributed by atoms with Gasteiger partial charge in [-0.1, -0.05) is 153 Å². The summed E-state index contributed by atoms with van der Waals surface area (Å²) in [5.74, 6) is 0. The van der Waals surface area contributed by atoms with E-state index in [2.05, 4.69) is 230 Å². The van der Waals surface area contributed by atoms with Gasteiger partial charge in [-0.3, -0.25) is 0 Å². The number of rotatable bonds is 6. The largest absolute Gasteiger partial charge is 0.310 e. The van der Waals surface area contributed by atoms with E-state index in [9.17, 15) is 0 Å². The normalized spacial score (nSPS) is 13.0. The third kappa shape index (κ3) is 5.33. The number of hydrogen-bond donors (Lipinski definition) is 0. The van der Waals surface area contributed by atoms with E-state index in [0.29, 0.717) is 0 Å². The van der Waals surface area contributed by atoms with Crippen LogP contribution in [0.25, 0.3) is 63.6 Å². The van der Waals surface area contributed by atoms with Crippen LogP contribution in [0.15, 0.2) is 206 Å². The van der Waals surface area contributed by atoms with Crippen molar-refractivity contribution in [3.05, 3.63) is 217 Å². The van der Waals surface area contributed by atoms with Crippen molar-refractivity contribution in [3.8, 4) is 11.1 Å². The lowest BCUT2D eigenvalue weighted by Gasteiger charge is -2.31. The van der Waals surface area contributed by atoms with E-state index in [1.54, 1.807) is 0 Å². The molecular weight excluding hydrogens is 745 g/mol. The summed E-state index contributed by atoms with van der Waals surface area (Å²) in [5, 5.41) is 10.0. The zero-order chi connectivity index (χ0) is 40.0. The first-order valence-electron chi connectivity index (χ1n) is 20.8. The molecule has 3 heteroatoms. The Morgan fingerprint density at radius 1 is 0.367 bits per heavy atom. The van der Waals surface area contributed by atoms with Crippen molar-refractivity contribution in [1.82, 2.24) is 0 Å². The molecule has 0 fully saturated rings. The maximum atomic E-state index is 2.46. The van der Waals surface area contributed by atoms with Crippen LogP contribution >= 0.6 is 11.3 Å². The minimum Gasteiger partial charge on any atom is -0.310 e. The molecule has 60 heavy (non-hydrogen) atoms. The number of benzene rings is 10. The van der Waals surface area contributed by atoms with E-state index < -0.39 is 0 Å². The molecule has 0 saturated carbocycles. The van der Waals surface area contributed by atoms with Gasteiger partial charge < -0.3 is 9.80 Å². The highest BCUT2D eigenvalue weighted by atomic mass is 32.1. The van der Waals surface area contributed by atoms with Crippen LogP contribution < -0.4 is 9.80 Å². The molecule has 0 aliphatic heterocycles. The molecule has 1 aliphatic carbocycles. The van der Waals surface area contributed by atoms with Gasteiger partial charge in [0.25, 0.3) is 0 Å². The Kier molecular flexibility index (Phi) is 7.79. The van der Waals surface area contributed by atoms with Gasteiger partial charge in [-0.15, -0.1) is 11.3 Å². The van der Waals surface area contributed by atoms with Crippen molar-refractivity contribution < 1.29 is 0 Å². The van der Waals surface area contributed by atoms with Crippen LogP contribution in [-0.4, -0.2) is 0 Å². The molecule has 12 rings (SSSR count). The van der Waals surface area contributed by atoms with E-state index in [0.717, 1.165) is 34.1 Å². The van der Waals surface area contributed by atoms with Crippen LogP contribution in [0.4, 0.5) is 34.1 Å². The second-order valence-corrected chi connectivity index (χ2v) is 17.6. The van der Waals surface area contributed by atoms with Gasteiger partial charge in [-0.2, -0.15) is 0 Å². The summed E-state index contributed by atoms with van der Waals surface area (Å²) < 4.78 is 2.63. The molecule has 0 amide bonds. The highest BCUT2D eigenvalue weighted by molar-refractivity contribution is 7.26. The smallest absolute Gasteiger partial charge is 0.0561 e. The molecule has 11 aromatic rings. The highest BCUT2D eigenvalue weighted by Crippen LogP contribution is 2.52. The van der Waals surface area contributed by atoms with Crippen LogP contribution in [-0.2, 0) is 5.41 Å². The third-order valence-electron chi connectivity index (χ3n) is 12.8. The number of thiophene rings is 1. The van der Waals surface area contributed by atoms with Gasteiger partial charge in [0.2, 0.25) is 0 Å². The summed E-state index contributed by atoms with van der Waals surface area (Å²) in [6.07, 6.45) is 0. The van der Waals surface area contributed by atoms with Crippen LogP contribution in [0.5, 0.6) is 0 Å². The predicted molar refractivity (Wildman–Crippen MR) is 259 cm³/mol. The van der Waals surface area contributed by atoms with E-state index in [1.165, 1.54) is 74.7 Å². The van der Waals surface area contributed by atoms with E-state index in [-0.39, 0.29) is 5.41 Å². The molecule has 1 aromatic heterocycles. The summed E-state index contributed by atoms with van der Waals surface area (Å²) >= 11 is 1.90. The summed E-state index contributed by atoms with van der Waals surface area (Å²) in [4.78, 5) is 4.92. The second-order valence-electron chi connectivity index (χ2n) is 16.5. The van der Waals surface area contributed by atoms with Gasteiger partial charge in [0.15, 0.2) is 0 Å². The number of nitrogens with zero attached hydrogens (tertiary/aromatic N) is 2. The van der Waals surface area contributed by atoms with Crippen LogP contribution in [0.2, 0.25) is 0 Å². The minimum atomic E-state index is -0.0806. The predicted octanol–water partition coefficient (Wildman–Crippen LogP) is 16.8. The quantitative estimate of drug-likeness (QED) is 0.155. The fourth-order valence-corrected chi connectivity index (χ4v) is 11.2.